The summed E-state index contributed by atoms with van der Waals surface area (Å²) in [5, 5.41) is 17.2. The fourth-order valence-electron chi connectivity index (χ4n) is 3.95. The summed E-state index contributed by atoms with van der Waals surface area (Å²) < 4.78 is 12.7. The number of benzene rings is 2. The van der Waals surface area contributed by atoms with E-state index in [1.807, 2.05) is 30.5 Å². The first-order valence-corrected chi connectivity index (χ1v) is 12.3. The molecule has 0 N–H and O–H groups in total. The van der Waals surface area contributed by atoms with Gasteiger partial charge in [-0.2, -0.15) is 4.52 Å². The largest absolute Gasteiger partial charge is 0.497 e. The van der Waals surface area contributed by atoms with Crippen molar-refractivity contribution in [2.45, 2.75) is 18.0 Å². The van der Waals surface area contributed by atoms with Crippen LogP contribution in [0.2, 0.25) is 0 Å². The van der Waals surface area contributed by atoms with Crippen molar-refractivity contribution in [1.29, 1.82) is 0 Å². The van der Waals surface area contributed by atoms with Gasteiger partial charge in [0.2, 0.25) is 0 Å². The molecule has 36 heavy (non-hydrogen) atoms. The Labute approximate surface area is 210 Å². The second-order valence-electron chi connectivity index (χ2n) is 7.98. The van der Waals surface area contributed by atoms with Gasteiger partial charge in [0.25, 0.3) is 5.69 Å². The molecule has 0 aliphatic rings. The van der Waals surface area contributed by atoms with Gasteiger partial charge in [-0.1, -0.05) is 23.9 Å². The van der Waals surface area contributed by atoms with Crippen LogP contribution in [-0.4, -0.2) is 50.0 Å². The van der Waals surface area contributed by atoms with E-state index in [-0.39, 0.29) is 5.69 Å². The van der Waals surface area contributed by atoms with Crippen LogP contribution in [-0.2, 0) is 12.8 Å². The maximum absolute atomic E-state index is 10.9. The molecule has 0 fully saturated rings. The summed E-state index contributed by atoms with van der Waals surface area (Å²) >= 11 is 1.46. The van der Waals surface area contributed by atoms with E-state index < -0.39 is 4.92 Å². The Morgan fingerprint density at radius 2 is 1.69 bits per heavy atom. The Bertz CT molecular complexity index is 1560. The topological polar surface area (TPSA) is 118 Å². The Kier molecular flexibility index (Phi) is 6.38. The first kappa shape index (κ1) is 23.5. The van der Waals surface area contributed by atoms with Gasteiger partial charge < -0.3 is 9.47 Å². The lowest BCUT2D eigenvalue weighted by molar-refractivity contribution is -0.384. The smallest absolute Gasteiger partial charge is 0.269 e. The number of hydrogen-bond donors (Lipinski definition) is 0. The van der Waals surface area contributed by atoms with Gasteiger partial charge in [-0.3, -0.25) is 10.1 Å². The first-order chi connectivity index (χ1) is 17.5. The molecular weight excluding hydrogens is 480 g/mol. The van der Waals surface area contributed by atoms with E-state index >= 15 is 0 Å². The monoisotopic (exact) mass is 502 g/mol. The molecule has 0 spiro atoms. The van der Waals surface area contributed by atoms with E-state index in [1.54, 1.807) is 37.1 Å². The highest BCUT2D eigenvalue weighted by Gasteiger charge is 2.17. The standard InChI is InChI=1S/C25H22N6O4S/c1-34-19-10-16(11-20(13-19)35-2)21-12-17-14-26-25(36-3)28-23(17)30-24(21)27-22(29-30)9-6-15-4-7-18(8-5-15)31(32)33/h4-5,7-8,10-14H,6,9H2,1-3H3. The number of nitro benzene ring substituents is 1. The third kappa shape index (κ3) is 4.52. The number of rotatable bonds is 8. The molecule has 0 saturated heterocycles. The highest BCUT2D eigenvalue weighted by atomic mass is 32.2. The fourth-order valence-corrected chi connectivity index (χ4v) is 4.29. The van der Waals surface area contributed by atoms with Crippen molar-refractivity contribution in [2.75, 3.05) is 20.5 Å². The van der Waals surface area contributed by atoms with Gasteiger partial charge in [-0.05, 0) is 42.0 Å². The quantitative estimate of drug-likeness (QED) is 0.128. The van der Waals surface area contributed by atoms with Crippen molar-refractivity contribution >= 4 is 34.1 Å². The van der Waals surface area contributed by atoms with Gasteiger partial charge in [0.1, 0.15) is 11.5 Å². The zero-order valence-corrected chi connectivity index (χ0v) is 20.7. The molecule has 3 heterocycles. The fraction of sp³-hybridized carbons (Fsp3) is 0.200. The summed E-state index contributed by atoms with van der Waals surface area (Å²) in [4.78, 5) is 24.5. The Morgan fingerprint density at radius 3 is 2.33 bits per heavy atom. The Morgan fingerprint density at radius 1 is 0.972 bits per heavy atom. The number of nitro groups is 1. The summed E-state index contributed by atoms with van der Waals surface area (Å²) in [6.45, 7) is 0. The summed E-state index contributed by atoms with van der Waals surface area (Å²) in [6, 6.07) is 14.2. The van der Waals surface area contributed by atoms with E-state index in [0.29, 0.717) is 46.6 Å². The predicted octanol–water partition coefficient (Wildman–Crippen LogP) is 4.77. The minimum absolute atomic E-state index is 0.0683. The molecule has 0 saturated carbocycles. The minimum Gasteiger partial charge on any atom is -0.497 e. The van der Waals surface area contributed by atoms with Gasteiger partial charge in [0.05, 0.1) is 19.1 Å². The molecule has 5 aromatic rings. The minimum atomic E-state index is -0.404. The van der Waals surface area contributed by atoms with Crippen LogP contribution in [0.1, 0.15) is 11.4 Å². The lowest BCUT2D eigenvalue weighted by Gasteiger charge is -2.11. The average Bonchev–Trinajstić information content (AvgIpc) is 3.35. The second-order valence-corrected chi connectivity index (χ2v) is 8.76. The number of aryl methyl sites for hydroxylation is 2. The number of nitrogens with zero attached hydrogens (tertiary/aromatic N) is 6. The zero-order valence-electron chi connectivity index (χ0n) is 19.8. The van der Waals surface area contributed by atoms with Crippen LogP contribution in [0.4, 0.5) is 5.69 Å². The normalized spacial score (nSPS) is 11.2. The van der Waals surface area contributed by atoms with E-state index in [9.17, 15) is 10.1 Å². The van der Waals surface area contributed by atoms with Crippen LogP contribution in [0, 0.1) is 10.1 Å². The Balaban J connectivity index is 1.61. The number of thioether (sulfide) groups is 1. The molecule has 11 heteroatoms. The second kappa shape index (κ2) is 9.78. The maximum atomic E-state index is 10.9. The number of methoxy groups -OCH3 is 2. The maximum Gasteiger partial charge on any atom is 0.269 e. The molecule has 10 nitrogen and oxygen atoms in total. The van der Waals surface area contributed by atoms with Gasteiger partial charge in [0.15, 0.2) is 22.3 Å². The number of fused-ring (bicyclic) bond motifs is 3. The van der Waals surface area contributed by atoms with Crippen LogP contribution in [0.5, 0.6) is 11.5 Å². The molecule has 2 aromatic carbocycles. The van der Waals surface area contributed by atoms with Crippen LogP contribution < -0.4 is 9.47 Å². The lowest BCUT2D eigenvalue weighted by atomic mass is 10.0. The molecular formula is C25H22N6O4S. The van der Waals surface area contributed by atoms with Gasteiger partial charge >= 0.3 is 0 Å². The Hall–Kier alpha value is -4.25. The number of ether oxygens (including phenoxy) is 2. The molecule has 0 aliphatic carbocycles. The summed E-state index contributed by atoms with van der Waals surface area (Å²) in [6.07, 6.45) is 4.90. The number of hydrogen-bond acceptors (Lipinski definition) is 9. The zero-order chi connectivity index (χ0) is 25.2. The number of non-ortho nitro benzene ring substituents is 1. The molecule has 0 radical (unpaired) electrons. The molecule has 5 rings (SSSR count). The molecule has 3 aromatic heterocycles. The lowest BCUT2D eigenvalue weighted by Crippen LogP contribution is -1.99. The van der Waals surface area contributed by atoms with Crippen molar-refractivity contribution < 1.29 is 14.4 Å². The van der Waals surface area contributed by atoms with Gasteiger partial charge in [0, 0.05) is 41.8 Å². The highest BCUT2D eigenvalue weighted by Crippen LogP contribution is 2.34. The summed E-state index contributed by atoms with van der Waals surface area (Å²) in [7, 11) is 3.22. The van der Waals surface area contributed by atoms with Crippen molar-refractivity contribution in [2.24, 2.45) is 0 Å². The van der Waals surface area contributed by atoms with E-state index in [0.717, 1.165) is 22.1 Å². The predicted molar refractivity (Wildman–Crippen MR) is 137 cm³/mol. The van der Waals surface area contributed by atoms with Gasteiger partial charge in [-0.15, -0.1) is 5.10 Å². The number of pyridine rings is 1. The van der Waals surface area contributed by atoms with Crippen LogP contribution in [0.3, 0.4) is 0 Å². The van der Waals surface area contributed by atoms with Crippen LogP contribution >= 0.6 is 11.8 Å². The molecule has 0 bridgehead atoms. The van der Waals surface area contributed by atoms with Crippen molar-refractivity contribution in [3.05, 3.63) is 76.2 Å². The van der Waals surface area contributed by atoms with Gasteiger partial charge in [-0.25, -0.2) is 15.0 Å². The van der Waals surface area contributed by atoms with Crippen molar-refractivity contribution in [1.82, 2.24) is 24.6 Å². The molecule has 0 amide bonds. The first-order valence-electron chi connectivity index (χ1n) is 11.0. The third-order valence-corrected chi connectivity index (χ3v) is 6.36. The molecule has 0 aliphatic heterocycles. The molecule has 0 atom stereocenters. The molecule has 0 unspecified atom stereocenters. The van der Waals surface area contributed by atoms with Crippen molar-refractivity contribution in [3.63, 3.8) is 0 Å². The summed E-state index contributed by atoms with van der Waals surface area (Å²) in [5.74, 6) is 1.96. The molecule has 182 valence electrons. The number of aromatic nitrogens is 5. The van der Waals surface area contributed by atoms with E-state index in [2.05, 4.69) is 9.97 Å². The summed E-state index contributed by atoms with van der Waals surface area (Å²) in [5.41, 5.74) is 4.06. The van der Waals surface area contributed by atoms with E-state index in [4.69, 9.17) is 19.6 Å². The van der Waals surface area contributed by atoms with Crippen LogP contribution in [0.25, 0.3) is 27.8 Å². The van der Waals surface area contributed by atoms with E-state index in [1.165, 1.54) is 23.9 Å². The van der Waals surface area contributed by atoms with Crippen LogP contribution in [0.15, 0.2) is 59.9 Å². The highest BCUT2D eigenvalue weighted by molar-refractivity contribution is 7.98. The average molecular weight is 503 g/mol. The third-order valence-electron chi connectivity index (χ3n) is 5.80. The SMILES string of the molecule is COc1cc(OC)cc(-c2cc3cnc(SC)nc3n3nc(CCc4ccc([N+](=O)[O-])cc4)nc23)c1. The van der Waals surface area contributed by atoms with Crippen molar-refractivity contribution in [3.8, 4) is 22.6 Å².